The molecule has 118 valence electrons. The molecular weight excluding hydrogens is 292 g/mol. The van der Waals surface area contributed by atoms with Crippen molar-refractivity contribution < 1.29 is 14.3 Å². The molecule has 5 nitrogen and oxygen atoms in total. The van der Waals surface area contributed by atoms with Gasteiger partial charge in [-0.05, 0) is 29.3 Å². The second-order valence-corrected chi connectivity index (χ2v) is 5.35. The molecule has 1 heterocycles. The van der Waals surface area contributed by atoms with E-state index in [1.807, 2.05) is 43.3 Å². The minimum atomic E-state index is -0.373. The van der Waals surface area contributed by atoms with Crippen LogP contribution in [0.1, 0.15) is 18.9 Å². The molecule has 1 aliphatic heterocycles. The van der Waals surface area contributed by atoms with Crippen LogP contribution in [0.25, 0.3) is 16.8 Å². The van der Waals surface area contributed by atoms with Crippen molar-refractivity contribution in [2.24, 2.45) is 0 Å². The third-order valence-corrected chi connectivity index (χ3v) is 3.85. The molecule has 0 bridgehead atoms. The van der Waals surface area contributed by atoms with E-state index in [2.05, 4.69) is 5.32 Å². The van der Waals surface area contributed by atoms with Crippen molar-refractivity contribution in [1.82, 2.24) is 10.2 Å². The van der Waals surface area contributed by atoms with E-state index in [1.165, 1.54) is 4.90 Å². The van der Waals surface area contributed by atoms with Gasteiger partial charge in [0.15, 0.2) is 0 Å². The van der Waals surface area contributed by atoms with Crippen molar-refractivity contribution in [2.45, 2.75) is 13.3 Å². The fraction of sp³-hybridized carbons (Fsp3) is 0.222. The monoisotopic (exact) mass is 310 g/mol. The second kappa shape index (κ2) is 6.12. The number of carbonyl (C=O) groups excluding carboxylic acids is 2. The Morgan fingerprint density at radius 3 is 2.70 bits per heavy atom. The Morgan fingerprint density at radius 2 is 1.96 bits per heavy atom. The van der Waals surface area contributed by atoms with E-state index in [9.17, 15) is 9.59 Å². The lowest BCUT2D eigenvalue weighted by molar-refractivity contribution is -0.122. The van der Waals surface area contributed by atoms with Gasteiger partial charge in [-0.15, -0.1) is 0 Å². The average molecular weight is 310 g/mol. The van der Waals surface area contributed by atoms with E-state index >= 15 is 0 Å². The summed E-state index contributed by atoms with van der Waals surface area (Å²) in [5.74, 6) is 0.360. The molecule has 3 rings (SSSR count). The molecule has 0 aromatic heterocycles. The lowest BCUT2D eigenvalue weighted by Crippen LogP contribution is -2.31. The van der Waals surface area contributed by atoms with Crippen molar-refractivity contribution in [3.8, 4) is 5.75 Å². The second-order valence-electron chi connectivity index (χ2n) is 5.35. The fourth-order valence-corrected chi connectivity index (χ4v) is 2.75. The molecule has 5 heteroatoms. The Balaban J connectivity index is 2.10. The lowest BCUT2D eigenvalue weighted by Gasteiger charge is -2.10. The number of hydrogen-bond donors (Lipinski definition) is 1. The van der Waals surface area contributed by atoms with E-state index in [4.69, 9.17) is 4.74 Å². The maximum absolute atomic E-state index is 12.4. The number of nitrogens with one attached hydrogen (secondary N) is 1. The summed E-state index contributed by atoms with van der Waals surface area (Å²) >= 11 is 0. The first-order chi connectivity index (χ1) is 11.2. The van der Waals surface area contributed by atoms with Crippen molar-refractivity contribution in [3.05, 3.63) is 47.7 Å². The highest BCUT2D eigenvalue weighted by Gasteiger charge is 2.32. The smallest absolute Gasteiger partial charge is 0.329 e. The van der Waals surface area contributed by atoms with Gasteiger partial charge in [-0.25, -0.2) is 4.79 Å². The van der Waals surface area contributed by atoms with Crippen LogP contribution < -0.4 is 10.1 Å². The topological polar surface area (TPSA) is 58.6 Å². The van der Waals surface area contributed by atoms with Crippen LogP contribution in [0.2, 0.25) is 0 Å². The highest BCUT2D eigenvalue weighted by Crippen LogP contribution is 2.30. The molecule has 0 radical (unpaired) electrons. The SMILES string of the molecule is CCCN1C(=O)N/C(=C\c2c(OC)ccc3ccccc23)C1=O. The average Bonchev–Trinajstić information content (AvgIpc) is 2.83. The molecular formula is C18H18N2O3. The summed E-state index contributed by atoms with van der Waals surface area (Å²) in [5, 5.41) is 4.66. The van der Waals surface area contributed by atoms with Gasteiger partial charge >= 0.3 is 6.03 Å². The largest absolute Gasteiger partial charge is 0.496 e. The first-order valence-corrected chi connectivity index (χ1v) is 7.56. The van der Waals surface area contributed by atoms with Crippen molar-refractivity contribution in [3.63, 3.8) is 0 Å². The Labute approximate surface area is 134 Å². The summed E-state index contributed by atoms with van der Waals surface area (Å²) in [7, 11) is 1.59. The van der Waals surface area contributed by atoms with Crippen LogP contribution in [0, 0.1) is 0 Å². The van der Waals surface area contributed by atoms with Gasteiger partial charge in [-0.1, -0.05) is 37.3 Å². The number of imide groups is 1. The lowest BCUT2D eigenvalue weighted by atomic mass is 10.0. The molecule has 0 spiro atoms. The molecule has 0 atom stereocenters. The van der Waals surface area contributed by atoms with Crippen molar-refractivity contribution in [1.29, 1.82) is 0 Å². The Hall–Kier alpha value is -2.82. The number of carbonyl (C=O) groups is 2. The molecule has 0 saturated carbocycles. The third kappa shape index (κ3) is 2.65. The quantitative estimate of drug-likeness (QED) is 0.697. The number of benzene rings is 2. The Morgan fingerprint density at radius 1 is 1.17 bits per heavy atom. The molecule has 0 aliphatic carbocycles. The summed E-state index contributed by atoms with van der Waals surface area (Å²) < 4.78 is 5.42. The molecule has 2 aromatic rings. The summed E-state index contributed by atoms with van der Waals surface area (Å²) in [6.45, 7) is 2.34. The van der Waals surface area contributed by atoms with E-state index in [0.29, 0.717) is 12.3 Å². The maximum Gasteiger partial charge on any atom is 0.329 e. The molecule has 23 heavy (non-hydrogen) atoms. The van der Waals surface area contributed by atoms with Crippen molar-refractivity contribution in [2.75, 3.05) is 13.7 Å². The maximum atomic E-state index is 12.4. The third-order valence-electron chi connectivity index (χ3n) is 3.85. The summed E-state index contributed by atoms with van der Waals surface area (Å²) in [5.41, 5.74) is 1.06. The van der Waals surface area contributed by atoms with Gasteiger partial charge in [0, 0.05) is 12.1 Å². The first-order valence-electron chi connectivity index (χ1n) is 7.56. The normalized spacial score (nSPS) is 16.3. The number of amides is 3. The van der Waals surface area contributed by atoms with Crippen LogP contribution in [0.15, 0.2) is 42.1 Å². The molecule has 1 aliphatic rings. The first kappa shape index (κ1) is 15.1. The Kier molecular flexibility index (Phi) is 4.02. The molecule has 1 fully saturated rings. The zero-order valence-corrected chi connectivity index (χ0v) is 13.1. The molecule has 0 unspecified atom stereocenters. The van der Waals surface area contributed by atoms with Crippen LogP contribution in [-0.4, -0.2) is 30.5 Å². The van der Waals surface area contributed by atoms with Crippen LogP contribution >= 0.6 is 0 Å². The van der Waals surface area contributed by atoms with Gasteiger partial charge < -0.3 is 10.1 Å². The summed E-state index contributed by atoms with van der Waals surface area (Å²) in [6, 6.07) is 11.3. The number of nitrogens with zero attached hydrogens (tertiary/aromatic N) is 1. The minimum absolute atomic E-state index is 0.276. The number of ether oxygens (including phenoxy) is 1. The van der Waals surface area contributed by atoms with E-state index in [1.54, 1.807) is 13.2 Å². The molecule has 1 N–H and O–H groups in total. The van der Waals surface area contributed by atoms with Gasteiger partial charge in [0.2, 0.25) is 0 Å². The van der Waals surface area contributed by atoms with E-state index < -0.39 is 0 Å². The zero-order chi connectivity index (χ0) is 16.4. The van der Waals surface area contributed by atoms with Crippen LogP contribution in [-0.2, 0) is 4.79 Å². The summed E-state index contributed by atoms with van der Waals surface area (Å²) in [6.07, 6.45) is 2.42. The van der Waals surface area contributed by atoms with E-state index in [-0.39, 0.29) is 17.6 Å². The highest BCUT2D eigenvalue weighted by atomic mass is 16.5. The van der Waals surface area contributed by atoms with Gasteiger partial charge in [0.05, 0.1) is 7.11 Å². The van der Waals surface area contributed by atoms with Gasteiger partial charge in [0.25, 0.3) is 5.91 Å². The standard InChI is InChI=1S/C18H18N2O3/c1-3-10-20-17(21)15(19-18(20)22)11-14-13-7-5-4-6-12(13)8-9-16(14)23-2/h4-9,11H,3,10H2,1-2H3,(H,19,22)/b15-11-. The number of rotatable bonds is 4. The summed E-state index contributed by atoms with van der Waals surface area (Å²) in [4.78, 5) is 25.5. The van der Waals surface area contributed by atoms with Crippen LogP contribution in [0.5, 0.6) is 5.75 Å². The highest BCUT2D eigenvalue weighted by molar-refractivity contribution is 6.14. The minimum Gasteiger partial charge on any atom is -0.496 e. The number of urea groups is 1. The molecule has 1 saturated heterocycles. The van der Waals surface area contributed by atoms with Crippen LogP contribution in [0.4, 0.5) is 4.79 Å². The molecule has 3 amide bonds. The predicted octanol–water partition coefficient (Wildman–Crippen LogP) is 3.15. The van der Waals surface area contributed by atoms with Crippen LogP contribution in [0.3, 0.4) is 0 Å². The number of methoxy groups -OCH3 is 1. The Bertz CT molecular complexity index is 811. The van der Waals surface area contributed by atoms with Gasteiger partial charge in [0.1, 0.15) is 11.4 Å². The number of hydrogen-bond acceptors (Lipinski definition) is 3. The number of fused-ring (bicyclic) bond motifs is 1. The van der Waals surface area contributed by atoms with Gasteiger partial charge in [-0.3, -0.25) is 9.69 Å². The zero-order valence-electron chi connectivity index (χ0n) is 13.1. The van der Waals surface area contributed by atoms with E-state index in [0.717, 1.165) is 22.8 Å². The van der Waals surface area contributed by atoms with Crippen molar-refractivity contribution >= 4 is 28.8 Å². The fourth-order valence-electron chi connectivity index (χ4n) is 2.75. The molecule has 2 aromatic carbocycles. The van der Waals surface area contributed by atoms with Gasteiger partial charge in [-0.2, -0.15) is 0 Å². The predicted molar refractivity (Wildman–Crippen MR) is 89.0 cm³/mol.